The molecule has 3 aliphatic rings. The van der Waals surface area contributed by atoms with Crippen molar-refractivity contribution in [2.24, 2.45) is 29.5 Å². The van der Waals surface area contributed by atoms with Gasteiger partial charge in [-0.2, -0.15) is 26.0 Å². The predicted octanol–water partition coefficient (Wildman–Crippen LogP) is 0.143. The fourth-order valence-corrected chi connectivity index (χ4v) is 4.38. The van der Waals surface area contributed by atoms with Gasteiger partial charge in [0.1, 0.15) is 12.7 Å². The first-order valence-electron chi connectivity index (χ1n) is 7.72. The molecule has 1 amide bonds. The number of carbonyl (C=O) groups is 2. The molecule has 0 aromatic carbocycles. The van der Waals surface area contributed by atoms with Crippen molar-refractivity contribution in [3.63, 3.8) is 0 Å². The minimum absolute atomic E-state index is 0.000813. The summed E-state index contributed by atoms with van der Waals surface area (Å²) in [6.45, 7) is 0.452. The maximum atomic E-state index is 12.6. The molecular weight excluding hydrogens is 369 g/mol. The summed E-state index contributed by atoms with van der Waals surface area (Å²) in [5.41, 5.74) is -5.70. The second-order valence-electron chi connectivity index (χ2n) is 6.56. The average molecular weight is 386 g/mol. The summed E-state index contributed by atoms with van der Waals surface area (Å²) in [5, 5.41) is 0. The van der Waals surface area contributed by atoms with E-state index in [1.165, 1.54) is 0 Å². The lowest BCUT2D eigenvalue weighted by Crippen LogP contribution is -2.53. The van der Waals surface area contributed by atoms with Gasteiger partial charge in [-0.1, -0.05) is 0 Å². The lowest BCUT2D eigenvalue weighted by molar-refractivity contribution is -0.157. The van der Waals surface area contributed by atoms with Gasteiger partial charge in [0.05, 0.1) is 18.4 Å². The normalized spacial score (nSPS) is 34.0. The number of ether oxygens (including phenoxy) is 2. The van der Waals surface area contributed by atoms with Gasteiger partial charge in [0.2, 0.25) is 0 Å². The number of esters is 1. The van der Waals surface area contributed by atoms with Crippen molar-refractivity contribution in [1.82, 2.24) is 4.41 Å². The Kier molecular flexibility index (Phi) is 4.48. The Balaban J connectivity index is 1.78. The average Bonchev–Trinajstić information content (AvgIpc) is 3.14. The molecule has 5 atom stereocenters. The Bertz CT molecular complexity index is 678. The quantitative estimate of drug-likeness (QED) is 0.235. The van der Waals surface area contributed by atoms with Crippen LogP contribution < -0.4 is 5.84 Å². The number of nitrogens with zero attached hydrogens (tertiary/aromatic N) is 1. The van der Waals surface area contributed by atoms with E-state index in [2.05, 4.69) is 0 Å². The molecule has 2 aliphatic carbocycles. The fourth-order valence-electron chi connectivity index (χ4n) is 3.80. The number of amides is 1. The number of alkyl halides is 3. The molecule has 3 rings (SSSR count). The van der Waals surface area contributed by atoms with Crippen LogP contribution in [0, 0.1) is 23.7 Å². The predicted molar refractivity (Wildman–Crippen MR) is 74.5 cm³/mol. The Morgan fingerprint density at radius 3 is 2.28 bits per heavy atom. The van der Waals surface area contributed by atoms with Crippen LogP contribution in [-0.2, 0) is 29.1 Å². The largest absolute Gasteiger partial charge is 0.518 e. The first-order valence-corrected chi connectivity index (χ1v) is 9.16. The van der Waals surface area contributed by atoms with E-state index in [1.807, 2.05) is 0 Å². The molecule has 142 valence electrons. The summed E-state index contributed by atoms with van der Waals surface area (Å²) in [6, 6.07) is 0. The summed E-state index contributed by atoms with van der Waals surface area (Å²) in [6.07, 6.45) is 1.41. The molecule has 2 saturated carbocycles. The number of carbonyl (C=O) groups excluding carboxylic acids is 2. The molecule has 3 fully saturated rings. The number of halogens is 3. The second kappa shape index (κ2) is 6.09. The van der Waals surface area contributed by atoms with Gasteiger partial charge >= 0.3 is 21.5 Å². The van der Waals surface area contributed by atoms with Crippen molar-refractivity contribution >= 4 is 21.9 Å². The molecule has 12 heteroatoms. The van der Waals surface area contributed by atoms with Crippen LogP contribution in [0.2, 0.25) is 0 Å². The number of rotatable bonds is 5. The SMILES string of the molecule is NN(C(=O)C1C2CCC(C2)C1C(=O)OCC1CO1)S(=O)(=O)C(F)(F)F. The number of hydrazine groups is 1. The zero-order valence-corrected chi connectivity index (χ0v) is 13.8. The number of epoxide rings is 1. The van der Waals surface area contributed by atoms with Crippen molar-refractivity contribution in [3.8, 4) is 0 Å². The summed E-state index contributed by atoms with van der Waals surface area (Å²) in [4.78, 5) is 24.7. The second-order valence-corrected chi connectivity index (χ2v) is 8.36. The monoisotopic (exact) mass is 386 g/mol. The molecule has 0 aromatic heterocycles. The zero-order chi connectivity index (χ0) is 18.6. The first-order chi connectivity index (χ1) is 11.5. The van der Waals surface area contributed by atoms with Crippen LogP contribution in [0.25, 0.3) is 0 Å². The molecule has 1 saturated heterocycles. The van der Waals surface area contributed by atoms with Gasteiger partial charge in [-0.15, -0.1) is 0 Å². The molecular formula is C13H17F3N2O6S. The molecule has 5 unspecified atom stereocenters. The lowest BCUT2D eigenvalue weighted by atomic mass is 9.79. The van der Waals surface area contributed by atoms with E-state index in [4.69, 9.17) is 15.3 Å². The van der Waals surface area contributed by atoms with Crippen molar-refractivity contribution in [3.05, 3.63) is 0 Å². The third-order valence-corrected chi connectivity index (χ3v) is 6.34. The minimum atomic E-state index is -6.01. The molecule has 0 aromatic rings. The highest BCUT2D eigenvalue weighted by Gasteiger charge is 2.59. The van der Waals surface area contributed by atoms with Gasteiger partial charge in [0.25, 0.3) is 5.91 Å². The summed E-state index contributed by atoms with van der Waals surface area (Å²) in [5.74, 6) is 0.0153. The van der Waals surface area contributed by atoms with Crippen LogP contribution in [0.15, 0.2) is 0 Å². The first kappa shape index (κ1) is 18.4. The van der Waals surface area contributed by atoms with Crippen LogP contribution in [0.3, 0.4) is 0 Å². The van der Waals surface area contributed by atoms with Crippen molar-refractivity contribution < 1.29 is 40.7 Å². The lowest BCUT2D eigenvalue weighted by Gasteiger charge is -2.31. The highest BCUT2D eigenvalue weighted by Crippen LogP contribution is 2.53. The topological polar surface area (TPSA) is 119 Å². The Labute approximate surface area is 141 Å². The van der Waals surface area contributed by atoms with E-state index in [-0.39, 0.29) is 24.5 Å². The van der Waals surface area contributed by atoms with Gasteiger partial charge in [0.15, 0.2) is 0 Å². The molecule has 0 spiro atoms. The van der Waals surface area contributed by atoms with Gasteiger partial charge in [-0.3, -0.25) is 9.59 Å². The van der Waals surface area contributed by atoms with E-state index in [9.17, 15) is 31.2 Å². The maximum absolute atomic E-state index is 12.6. The minimum Gasteiger partial charge on any atom is -0.463 e. The third-order valence-electron chi connectivity index (χ3n) is 5.06. The van der Waals surface area contributed by atoms with Crippen LogP contribution in [-0.4, -0.2) is 49.5 Å². The van der Waals surface area contributed by atoms with Crippen LogP contribution in [0.5, 0.6) is 0 Å². The van der Waals surface area contributed by atoms with Gasteiger partial charge in [-0.05, 0) is 31.1 Å². The molecule has 2 bridgehead atoms. The van der Waals surface area contributed by atoms with Gasteiger partial charge in [0, 0.05) is 0 Å². The molecule has 2 N–H and O–H groups in total. The third kappa shape index (κ3) is 3.22. The van der Waals surface area contributed by atoms with E-state index >= 15 is 0 Å². The van der Waals surface area contributed by atoms with Crippen molar-refractivity contribution in [2.45, 2.75) is 30.9 Å². The summed E-state index contributed by atoms with van der Waals surface area (Å²) < 4.78 is 69.8. The van der Waals surface area contributed by atoms with Gasteiger partial charge in [-0.25, -0.2) is 5.84 Å². The molecule has 0 radical (unpaired) electrons. The molecule has 1 heterocycles. The van der Waals surface area contributed by atoms with Crippen molar-refractivity contribution in [1.29, 1.82) is 0 Å². The van der Waals surface area contributed by atoms with Crippen LogP contribution >= 0.6 is 0 Å². The highest BCUT2D eigenvalue weighted by molar-refractivity contribution is 7.90. The summed E-state index contributed by atoms with van der Waals surface area (Å²) in [7, 11) is -6.01. The Hall–Kier alpha value is -1.40. The molecule has 1 aliphatic heterocycles. The standard InChI is InChI=1S/C13H17F3N2O6S/c14-13(15,16)25(21,22)18(17)11(19)9-6-1-2-7(3-6)10(9)12(20)24-5-8-4-23-8/h6-10H,1-5,17H2. The zero-order valence-electron chi connectivity index (χ0n) is 12.9. The fraction of sp³-hybridized carbons (Fsp3) is 0.846. The number of sulfonamides is 1. The molecule has 8 nitrogen and oxygen atoms in total. The summed E-state index contributed by atoms with van der Waals surface area (Å²) >= 11 is 0. The van der Waals surface area contributed by atoms with E-state index < -0.39 is 43.7 Å². The van der Waals surface area contributed by atoms with Crippen LogP contribution in [0.1, 0.15) is 19.3 Å². The number of fused-ring (bicyclic) bond motifs is 2. The number of hydrogen-bond acceptors (Lipinski definition) is 7. The van der Waals surface area contributed by atoms with E-state index in [0.29, 0.717) is 25.9 Å². The van der Waals surface area contributed by atoms with Crippen molar-refractivity contribution in [2.75, 3.05) is 13.2 Å². The van der Waals surface area contributed by atoms with E-state index in [0.717, 1.165) is 0 Å². The Morgan fingerprint density at radius 2 is 1.76 bits per heavy atom. The molecule has 25 heavy (non-hydrogen) atoms. The maximum Gasteiger partial charge on any atom is 0.518 e. The number of nitrogens with two attached hydrogens (primary N) is 1. The highest BCUT2D eigenvalue weighted by atomic mass is 32.2. The van der Waals surface area contributed by atoms with Gasteiger partial charge < -0.3 is 9.47 Å². The Morgan fingerprint density at radius 1 is 1.20 bits per heavy atom. The smallest absolute Gasteiger partial charge is 0.463 e. The number of hydrogen-bond donors (Lipinski definition) is 1. The van der Waals surface area contributed by atoms with E-state index in [1.54, 1.807) is 0 Å². The van der Waals surface area contributed by atoms with Crippen LogP contribution in [0.4, 0.5) is 13.2 Å².